The minimum atomic E-state index is -0.670. The van der Waals surface area contributed by atoms with Crippen LogP contribution in [0.2, 0.25) is 0 Å². The van der Waals surface area contributed by atoms with E-state index in [0.717, 1.165) is 12.8 Å². The lowest BCUT2D eigenvalue weighted by Gasteiger charge is -2.10. The topological polar surface area (TPSA) is 84.9 Å². The molecule has 0 spiro atoms. The summed E-state index contributed by atoms with van der Waals surface area (Å²) in [6, 6.07) is 8.72. The quantitative estimate of drug-likeness (QED) is 0.202. The van der Waals surface area contributed by atoms with E-state index in [2.05, 4.69) is 4.99 Å². The van der Waals surface area contributed by atoms with E-state index in [1.54, 1.807) is 31.2 Å². The molecule has 0 saturated carbocycles. The van der Waals surface area contributed by atoms with Crippen LogP contribution in [-0.2, 0) is 9.53 Å². The first-order chi connectivity index (χ1) is 10.1. The fourth-order valence-corrected chi connectivity index (χ4v) is 1.70. The van der Waals surface area contributed by atoms with Gasteiger partial charge in [0.25, 0.3) is 0 Å². The highest BCUT2D eigenvalue weighted by Crippen LogP contribution is 2.17. The normalized spacial score (nSPS) is 12.8. The van der Waals surface area contributed by atoms with Crippen molar-refractivity contribution in [2.75, 3.05) is 13.2 Å². The number of esters is 1. The smallest absolute Gasteiger partial charge is 0.345 e. The number of amidine groups is 1. The number of carbonyl (C=O) groups is 1. The summed E-state index contributed by atoms with van der Waals surface area (Å²) >= 11 is 0. The predicted octanol–water partition coefficient (Wildman–Crippen LogP) is 2.68. The Morgan fingerprint density at radius 3 is 2.52 bits per heavy atom. The highest BCUT2D eigenvalue weighted by molar-refractivity contribution is 6.22. The largest absolute Gasteiger partial charge is 0.506 e. The van der Waals surface area contributed by atoms with E-state index in [-0.39, 0.29) is 23.8 Å². The number of aliphatic imine (C=N–C) groups is 1. The van der Waals surface area contributed by atoms with Crippen molar-refractivity contribution >= 4 is 17.6 Å². The van der Waals surface area contributed by atoms with Gasteiger partial charge in [0, 0.05) is 12.1 Å². The molecule has 5 heteroatoms. The molecule has 0 amide bonds. The second kappa shape index (κ2) is 8.79. The molecular weight excluding hydrogens is 268 g/mol. The van der Waals surface area contributed by atoms with Crippen LogP contribution in [-0.4, -0.2) is 30.1 Å². The van der Waals surface area contributed by atoms with Crippen molar-refractivity contribution in [3.63, 3.8) is 0 Å². The maximum Gasteiger partial charge on any atom is 0.345 e. The number of hydrogen-bond acceptors (Lipinski definition) is 4. The number of benzene rings is 1. The van der Waals surface area contributed by atoms with Gasteiger partial charge < -0.3 is 15.6 Å². The third kappa shape index (κ3) is 4.95. The minimum absolute atomic E-state index is 0.00301. The van der Waals surface area contributed by atoms with Crippen molar-refractivity contribution in [3.8, 4) is 0 Å². The third-order valence-corrected chi connectivity index (χ3v) is 2.81. The zero-order valence-corrected chi connectivity index (χ0v) is 12.5. The number of ether oxygens (including phenoxy) is 1. The first kappa shape index (κ1) is 16.8. The molecule has 0 atom stereocenters. The molecule has 0 heterocycles. The molecule has 0 aromatic heterocycles. The van der Waals surface area contributed by atoms with Gasteiger partial charge in [0.15, 0.2) is 0 Å². The number of aliphatic hydroxyl groups excluding tert-OH is 1. The first-order valence-corrected chi connectivity index (χ1v) is 7.07. The second-order valence-corrected chi connectivity index (χ2v) is 4.43. The van der Waals surface area contributed by atoms with Gasteiger partial charge in [-0.3, -0.25) is 4.99 Å². The van der Waals surface area contributed by atoms with Gasteiger partial charge in [0.1, 0.15) is 17.2 Å². The number of aliphatic hydroxyl groups is 1. The zero-order valence-electron chi connectivity index (χ0n) is 12.5. The van der Waals surface area contributed by atoms with Crippen LogP contribution in [0.4, 0.5) is 0 Å². The third-order valence-electron chi connectivity index (χ3n) is 2.81. The lowest BCUT2D eigenvalue weighted by molar-refractivity contribution is -0.137. The Morgan fingerprint density at radius 2 is 1.95 bits per heavy atom. The van der Waals surface area contributed by atoms with Crippen molar-refractivity contribution < 1.29 is 14.6 Å². The van der Waals surface area contributed by atoms with Crippen LogP contribution in [0, 0.1) is 0 Å². The Labute approximate surface area is 125 Å². The molecule has 21 heavy (non-hydrogen) atoms. The van der Waals surface area contributed by atoms with E-state index in [0.29, 0.717) is 12.1 Å². The number of nitrogens with two attached hydrogens (primary N) is 1. The van der Waals surface area contributed by atoms with E-state index >= 15 is 0 Å². The van der Waals surface area contributed by atoms with Crippen LogP contribution in [0.15, 0.2) is 40.9 Å². The van der Waals surface area contributed by atoms with Gasteiger partial charge >= 0.3 is 5.97 Å². The Balaban J connectivity index is 3.18. The molecule has 0 aliphatic heterocycles. The fraction of sp³-hybridized carbons (Fsp3) is 0.375. The second-order valence-electron chi connectivity index (χ2n) is 4.43. The van der Waals surface area contributed by atoms with E-state index < -0.39 is 5.97 Å². The molecule has 5 nitrogen and oxygen atoms in total. The maximum absolute atomic E-state index is 12.0. The molecule has 0 fully saturated rings. The van der Waals surface area contributed by atoms with Crippen LogP contribution in [0.3, 0.4) is 0 Å². The molecule has 114 valence electrons. The number of carbonyl (C=O) groups excluding carboxylic acids is 1. The van der Waals surface area contributed by atoms with Crippen molar-refractivity contribution in [1.82, 2.24) is 0 Å². The summed E-state index contributed by atoms with van der Waals surface area (Å²) in [5.41, 5.74) is 6.27. The summed E-state index contributed by atoms with van der Waals surface area (Å²) < 4.78 is 4.96. The molecule has 0 bridgehead atoms. The SMILES string of the molecule is CCCCN=C(N)C(C(=O)OCC)=C(O)c1ccccc1. The molecular formula is C16H22N2O3. The van der Waals surface area contributed by atoms with Crippen molar-refractivity contribution in [3.05, 3.63) is 41.5 Å². The summed E-state index contributed by atoms with van der Waals surface area (Å²) in [6.07, 6.45) is 1.84. The van der Waals surface area contributed by atoms with Gasteiger partial charge in [-0.2, -0.15) is 0 Å². The van der Waals surface area contributed by atoms with Gasteiger partial charge in [0.2, 0.25) is 0 Å². The van der Waals surface area contributed by atoms with Crippen molar-refractivity contribution in [2.45, 2.75) is 26.7 Å². The van der Waals surface area contributed by atoms with Crippen LogP contribution in [0.5, 0.6) is 0 Å². The van der Waals surface area contributed by atoms with Crippen molar-refractivity contribution in [2.24, 2.45) is 10.7 Å². The highest BCUT2D eigenvalue weighted by Gasteiger charge is 2.21. The Morgan fingerprint density at radius 1 is 1.29 bits per heavy atom. The molecule has 1 aromatic carbocycles. The first-order valence-electron chi connectivity index (χ1n) is 7.07. The van der Waals surface area contributed by atoms with Crippen molar-refractivity contribution in [1.29, 1.82) is 0 Å². The van der Waals surface area contributed by atoms with E-state index in [4.69, 9.17) is 10.5 Å². The minimum Gasteiger partial charge on any atom is -0.506 e. The molecule has 3 N–H and O–H groups in total. The number of unbranched alkanes of at least 4 members (excludes halogenated alkanes) is 1. The summed E-state index contributed by atoms with van der Waals surface area (Å²) in [7, 11) is 0. The van der Waals surface area contributed by atoms with Crippen LogP contribution in [0.25, 0.3) is 5.76 Å². The Kier molecular flexibility index (Phi) is 7.01. The fourth-order valence-electron chi connectivity index (χ4n) is 1.70. The zero-order chi connectivity index (χ0) is 15.7. The summed E-state index contributed by atoms with van der Waals surface area (Å²) in [4.78, 5) is 16.2. The Bertz CT molecular complexity index is 522. The molecule has 0 radical (unpaired) electrons. The van der Waals surface area contributed by atoms with Gasteiger partial charge in [-0.15, -0.1) is 0 Å². The average Bonchev–Trinajstić information content (AvgIpc) is 2.49. The lowest BCUT2D eigenvalue weighted by Crippen LogP contribution is -2.25. The van der Waals surface area contributed by atoms with Crippen LogP contribution >= 0.6 is 0 Å². The summed E-state index contributed by atoms with van der Waals surface area (Å²) in [6.45, 7) is 4.44. The van der Waals surface area contributed by atoms with Gasteiger partial charge in [-0.05, 0) is 13.3 Å². The summed E-state index contributed by atoms with van der Waals surface area (Å²) in [5.74, 6) is -0.883. The molecule has 0 saturated heterocycles. The molecule has 0 aliphatic carbocycles. The van der Waals surface area contributed by atoms with E-state index in [1.807, 2.05) is 13.0 Å². The highest BCUT2D eigenvalue weighted by atomic mass is 16.5. The summed E-state index contributed by atoms with van der Waals surface area (Å²) in [5, 5.41) is 10.3. The molecule has 1 aromatic rings. The van der Waals surface area contributed by atoms with E-state index in [1.165, 1.54) is 0 Å². The van der Waals surface area contributed by atoms with Crippen LogP contribution in [0.1, 0.15) is 32.3 Å². The Hall–Kier alpha value is -2.30. The monoisotopic (exact) mass is 290 g/mol. The van der Waals surface area contributed by atoms with Gasteiger partial charge in [0.05, 0.1) is 6.61 Å². The number of rotatable bonds is 7. The number of nitrogens with zero attached hydrogens (tertiary/aromatic N) is 1. The molecule has 0 unspecified atom stereocenters. The van der Waals surface area contributed by atoms with Crippen LogP contribution < -0.4 is 5.73 Å². The molecule has 1 rings (SSSR count). The maximum atomic E-state index is 12.0. The van der Waals surface area contributed by atoms with Gasteiger partial charge in [-0.1, -0.05) is 43.7 Å². The van der Waals surface area contributed by atoms with E-state index in [9.17, 15) is 9.90 Å². The predicted molar refractivity (Wildman–Crippen MR) is 84.0 cm³/mol. The molecule has 0 aliphatic rings. The average molecular weight is 290 g/mol. The standard InChI is InChI=1S/C16H22N2O3/c1-3-5-11-18-15(17)13(16(20)21-4-2)14(19)12-9-7-6-8-10-12/h6-10,19H,3-5,11H2,1-2H3,(H2,17,18). The lowest BCUT2D eigenvalue weighted by atomic mass is 10.1. The number of hydrogen-bond donors (Lipinski definition) is 2. The van der Waals surface area contributed by atoms with Gasteiger partial charge in [-0.25, -0.2) is 4.79 Å².